The van der Waals surface area contributed by atoms with Crippen LogP contribution in [0.1, 0.15) is 71.1 Å². The average Bonchev–Trinajstić information content (AvgIpc) is 2.40. The molecule has 0 amide bonds. The molecule has 0 aromatic heterocycles. The van der Waals surface area contributed by atoms with E-state index in [4.69, 9.17) is 0 Å². The Bertz CT molecular complexity index is 291. The van der Waals surface area contributed by atoms with Gasteiger partial charge in [0, 0.05) is 0 Å². The van der Waals surface area contributed by atoms with Crippen molar-refractivity contribution in [3.05, 3.63) is 0 Å². The zero-order valence-electron chi connectivity index (χ0n) is 11.0. The summed E-state index contributed by atoms with van der Waals surface area (Å²) in [6, 6.07) is 2.51. The highest BCUT2D eigenvalue weighted by molar-refractivity contribution is 5.13. The maximum absolute atomic E-state index is 10.9. The molecule has 2 fully saturated rings. The standard InChI is InChI=1S/C15H25NO/c1-2-13-6-10-15(17,11-7-13)14(12-16)8-4-3-5-9-14/h13,17H,2-11H2,1H3. The third-order valence-electron chi connectivity index (χ3n) is 5.32. The molecule has 17 heavy (non-hydrogen) atoms. The van der Waals surface area contributed by atoms with Crippen LogP contribution in [0, 0.1) is 22.7 Å². The minimum absolute atomic E-state index is 0.427. The summed E-state index contributed by atoms with van der Waals surface area (Å²) in [6.07, 6.45) is 10.4. The number of nitrogens with zero attached hydrogens (tertiary/aromatic N) is 1. The van der Waals surface area contributed by atoms with Gasteiger partial charge < -0.3 is 5.11 Å². The van der Waals surface area contributed by atoms with Gasteiger partial charge in [-0.2, -0.15) is 5.26 Å². The van der Waals surface area contributed by atoms with E-state index < -0.39 is 11.0 Å². The molecule has 1 N–H and O–H groups in total. The number of rotatable bonds is 2. The molecule has 2 rings (SSSR count). The van der Waals surface area contributed by atoms with Crippen LogP contribution in [0.3, 0.4) is 0 Å². The summed E-state index contributed by atoms with van der Waals surface area (Å²) in [5.74, 6) is 0.773. The summed E-state index contributed by atoms with van der Waals surface area (Å²) >= 11 is 0. The van der Waals surface area contributed by atoms with Crippen LogP contribution < -0.4 is 0 Å². The van der Waals surface area contributed by atoms with Crippen LogP contribution >= 0.6 is 0 Å². The highest BCUT2D eigenvalue weighted by Crippen LogP contribution is 2.51. The predicted molar refractivity (Wildman–Crippen MR) is 68.3 cm³/mol. The van der Waals surface area contributed by atoms with Crippen molar-refractivity contribution < 1.29 is 5.11 Å². The Morgan fingerprint density at radius 1 is 1.12 bits per heavy atom. The third-order valence-corrected chi connectivity index (χ3v) is 5.32. The fraction of sp³-hybridized carbons (Fsp3) is 0.933. The van der Waals surface area contributed by atoms with Crippen molar-refractivity contribution in [3.8, 4) is 6.07 Å². The van der Waals surface area contributed by atoms with Gasteiger partial charge in [-0.05, 0) is 44.4 Å². The van der Waals surface area contributed by atoms with Crippen LogP contribution in [0.2, 0.25) is 0 Å². The molecule has 96 valence electrons. The molecule has 0 aromatic carbocycles. The molecule has 0 aliphatic heterocycles. The Hall–Kier alpha value is -0.550. The second-order valence-corrected chi connectivity index (χ2v) is 6.14. The van der Waals surface area contributed by atoms with Crippen molar-refractivity contribution in [1.82, 2.24) is 0 Å². The molecule has 2 heteroatoms. The lowest BCUT2D eigenvalue weighted by molar-refractivity contribution is -0.105. The lowest BCUT2D eigenvalue weighted by atomic mass is 9.58. The van der Waals surface area contributed by atoms with Gasteiger partial charge in [-0.3, -0.25) is 0 Å². The molecule has 0 unspecified atom stereocenters. The number of nitriles is 1. The van der Waals surface area contributed by atoms with Crippen molar-refractivity contribution >= 4 is 0 Å². The summed E-state index contributed by atoms with van der Waals surface area (Å²) in [6.45, 7) is 2.23. The number of hydrogen-bond donors (Lipinski definition) is 1. The van der Waals surface area contributed by atoms with E-state index in [0.717, 1.165) is 57.3 Å². The van der Waals surface area contributed by atoms with E-state index in [1.54, 1.807) is 0 Å². The summed E-state index contributed by atoms with van der Waals surface area (Å²) in [4.78, 5) is 0. The molecule has 2 nitrogen and oxygen atoms in total. The van der Waals surface area contributed by atoms with E-state index in [1.807, 2.05) is 0 Å². The van der Waals surface area contributed by atoms with Crippen LogP contribution in [-0.2, 0) is 0 Å². The average molecular weight is 235 g/mol. The molecule has 0 atom stereocenters. The van der Waals surface area contributed by atoms with Crippen LogP contribution in [0.4, 0.5) is 0 Å². The van der Waals surface area contributed by atoms with Crippen molar-refractivity contribution in [2.45, 2.75) is 76.7 Å². The van der Waals surface area contributed by atoms with Gasteiger partial charge in [-0.25, -0.2) is 0 Å². The van der Waals surface area contributed by atoms with Crippen LogP contribution in [-0.4, -0.2) is 10.7 Å². The Morgan fingerprint density at radius 2 is 1.71 bits per heavy atom. The molecule has 0 bridgehead atoms. The van der Waals surface area contributed by atoms with Gasteiger partial charge in [-0.15, -0.1) is 0 Å². The molecular weight excluding hydrogens is 210 g/mol. The number of aliphatic hydroxyl groups is 1. The molecule has 0 saturated heterocycles. The molecule has 0 spiro atoms. The SMILES string of the molecule is CCC1CCC(O)(C2(C#N)CCCCC2)CC1. The first-order valence-corrected chi connectivity index (χ1v) is 7.29. The van der Waals surface area contributed by atoms with Gasteiger partial charge in [0.15, 0.2) is 0 Å². The predicted octanol–water partition coefficient (Wildman–Crippen LogP) is 3.79. The second-order valence-electron chi connectivity index (χ2n) is 6.14. The zero-order valence-corrected chi connectivity index (χ0v) is 11.0. The van der Waals surface area contributed by atoms with Gasteiger partial charge in [0.05, 0.1) is 17.1 Å². The largest absolute Gasteiger partial charge is 0.388 e. The minimum Gasteiger partial charge on any atom is -0.388 e. The maximum atomic E-state index is 10.9. The molecule has 0 radical (unpaired) electrons. The third kappa shape index (κ3) is 2.22. The van der Waals surface area contributed by atoms with Gasteiger partial charge in [0.1, 0.15) is 0 Å². The van der Waals surface area contributed by atoms with E-state index in [-0.39, 0.29) is 0 Å². The smallest absolute Gasteiger partial charge is 0.0860 e. The quantitative estimate of drug-likeness (QED) is 0.791. The summed E-state index contributed by atoms with van der Waals surface area (Å²) in [7, 11) is 0. The number of hydrogen-bond acceptors (Lipinski definition) is 2. The van der Waals surface area contributed by atoms with Crippen molar-refractivity contribution in [2.24, 2.45) is 11.3 Å². The van der Waals surface area contributed by atoms with Gasteiger partial charge in [0.25, 0.3) is 0 Å². The Morgan fingerprint density at radius 3 is 2.18 bits per heavy atom. The Labute approximate surface area is 105 Å². The van der Waals surface area contributed by atoms with Crippen LogP contribution in [0.5, 0.6) is 0 Å². The Kier molecular flexibility index (Phi) is 3.78. The first kappa shape index (κ1) is 12.9. The summed E-state index contributed by atoms with van der Waals surface area (Å²) in [5.41, 5.74) is -1.11. The zero-order chi connectivity index (χ0) is 12.4. The summed E-state index contributed by atoms with van der Waals surface area (Å²) < 4.78 is 0. The highest BCUT2D eigenvalue weighted by Gasteiger charge is 2.51. The van der Waals surface area contributed by atoms with Gasteiger partial charge >= 0.3 is 0 Å². The molecule has 0 aromatic rings. The monoisotopic (exact) mass is 235 g/mol. The van der Waals surface area contributed by atoms with E-state index in [2.05, 4.69) is 13.0 Å². The van der Waals surface area contributed by atoms with Gasteiger partial charge in [0.2, 0.25) is 0 Å². The molecule has 2 saturated carbocycles. The molecule has 0 heterocycles. The van der Waals surface area contributed by atoms with Crippen LogP contribution in [0.15, 0.2) is 0 Å². The first-order valence-electron chi connectivity index (χ1n) is 7.29. The lowest BCUT2D eigenvalue weighted by Gasteiger charge is -2.48. The molecule has 2 aliphatic carbocycles. The first-order chi connectivity index (χ1) is 8.16. The molecular formula is C15H25NO. The van der Waals surface area contributed by atoms with Crippen molar-refractivity contribution in [1.29, 1.82) is 5.26 Å². The molecule has 2 aliphatic rings. The van der Waals surface area contributed by atoms with Crippen LogP contribution in [0.25, 0.3) is 0 Å². The van der Waals surface area contributed by atoms with E-state index >= 15 is 0 Å². The lowest BCUT2D eigenvalue weighted by Crippen LogP contribution is -2.50. The van der Waals surface area contributed by atoms with E-state index in [0.29, 0.717) is 0 Å². The van der Waals surface area contributed by atoms with E-state index in [1.165, 1.54) is 12.8 Å². The van der Waals surface area contributed by atoms with E-state index in [9.17, 15) is 10.4 Å². The summed E-state index contributed by atoms with van der Waals surface area (Å²) in [5, 5.41) is 20.5. The Balaban J connectivity index is 2.11. The minimum atomic E-state index is -0.687. The maximum Gasteiger partial charge on any atom is 0.0860 e. The fourth-order valence-corrected chi connectivity index (χ4v) is 3.88. The van der Waals surface area contributed by atoms with Gasteiger partial charge in [-0.1, -0.05) is 32.6 Å². The highest BCUT2D eigenvalue weighted by atomic mass is 16.3. The second kappa shape index (κ2) is 4.98. The topological polar surface area (TPSA) is 44.0 Å². The fourth-order valence-electron chi connectivity index (χ4n) is 3.88. The normalized spacial score (nSPS) is 37.4. The van der Waals surface area contributed by atoms with Crippen molar-refractivity contribution in [3.63, 3.8) is 0 Å². The van der Waals surface area contributed by atoms with Crippen molar-refractivity contribution in [2.75, 3.05) is 0 Å².